The van der Waals surface area contributed by atoms with Crippen molar-refractivity contribution in [1.29, 1.82) is 0 Å². The van der Waals surface area contributed by atoms with Gasteiger partial charge in [0.05, 0.1) is 24.1 Å². The molecule has 1 N–H and O–H groups in total. The lowest BCUT2D eigenvalue weighted by Crippen LogP contribution is -2.19. The molecule has 0 spiro atoms. The van der Waals surface area contributed by atoms with Crippen LogP contribution >= 0.6 is 0 Å². The van der Waals surface area contributed by atoms with Gasteiger partial charge in [0.15, 0.2) is 0 Å². The van der Waals surface area contributed by atoms with Gasteiger partial charge in [-0.05, 0) is 12.5 Å². The molecule has 1 aromatic carbocycles. The summed E-state index contributed by atoms with van der Waals surface area (Å²) in [6.07, 6.45) is 0. The molecule has 0 unspecified atom stereocenters. The van der Waals surface area contributed by atoms with Crippen LogP contribution in [0.5, 0.6) is 0 Å². The molecule has 0 aromatic heterocycles. The molecule has 1 aromatic rings. The molecule has 0 saturated heterocycles. The fourth-order valence-corrected chi connectivity index (χ4v) is 1.56. The van der Waals surface area contributed by atoms with E-state index in [2.05, 4.69) is 21.9 Å². The summed E-state index contributed by atoms with van der Waals surface area (Å²) in [6.45, 7) is 3.10. The van der Waals surface area contributed by atoms with Crippen LogP contribution in [0.1, 0.15) is 28.4 Å². The average molecular weight is 290 g/mol. The van der Waals surface area contributed by atoms with E-state index >= 15 is 0 Å². The second kappa shape index (κ2) is 7.05. The van der Waals surface area contributed by atoms with Crippen molar-refractivity contribution >= 4 is 17.6 Å². The van der Waals surface area contributed by atoms with Crippen LogP contribution in [0.25, 0.3) is 0 Å². The molecule has 0 aliphatic heterocycles. The normalized spacial score (nSPS) is 9.29. The number of methoxy groups -OCH3 is 1. The van der Waals surface area contributed by atoms with Gasteiger partial charge < -0.3 is 10.1 Å². The van der Waals surface area contributed by atoms with Gasteiger partial charge in [0.25, 0.3) is 5.69 Å². The maximum absolute atomic E-state index is 11.6. The van der Waals surface area contributed by atoms with Crippen molar-refractivity contribution in [3.05, 3.63) is 38.9 Å². The van der Waals surface area contributed by atoms with Crippen molar-refractivity contribution in [2.75, 3.05) is 13.7 Å². The van der Waals surface area contributed by atoms with E-state index < -0.39 is 10.9 Å². The molecule has 0 aliphatic rings. The summed E-state index contributed by atoms with van der Waals surface area (Å²) in [5.74, 6) is 4.48. The molecule has 7 nitrogen and oxygen atoms in total. The summed E-state index contributed by atoms with van der Waals surface area (Å²) in [6, 6.07) is 2.43. The van der Waals surface area contributed by atoms with Crippen molar-refractivity contribution in [3.63, 3.8) is 0 Å². The molecular weight excluding hydrogens is 276 g/mol. The van der Waals surface area contributed by atoms with Crippen LogP contribution in [-0.2, 0) is 9.53 Å². The van der Waals surface area contributed by atoms with Crippen LogP contribution in [0, 0.1) is 28.9 Å². The van der Waals surface area contributed by atoms with E-state index in [1.165, 1.54) is 20.1 Å². The predicted octanol–water partition coefficient (Wildman–Crippen LogP) is 1.18. The lowest BCUT2D eigenvalue weighted by Gasteiger charge is -2.06. The quantitative estimate of drug-likeness (QED) is 0.390. The maximum Gasteiger partial charge on any atom is 0.338 e. The summed E-state index contributed by atoms with van der Waals surface area (Å²) >= 11 is 0. The van der Waals surface area contributed by atoms with E-state index in [1.807, 2.05) is 0 Å². The summed E-state index contributed by atoms with van der Waals surface area (Å²) < 4.78 is 4.60. The third kappa shape index (κ3) is 4.31. The molecule has 1 rings (SSSR count). The van der Waals surface area contributed by atoms with E-state index in [-0.39, 0.29) is 23.7 Å². The Hall–Kier alpha value is -2.88. The Balaban J connectivity index is 3.23. The van der Waals surface area contributed by atoms with Crippen LogP contribution in [0.15, 0.2) is 12.1 Å². The summed E-state index contributed by atoms with van der Waals surface area (Å²) in [5.41, 5.74) is 0.679. The lowest BCUT2D eigenvalue weighted by molar-refractivity contribution is -0.384. The molecule has 0 bridgehead atoms. The number of benzene rings is 1. The zero-order chi connectivity index (χ0) is 16.0. The first-order valence-electron chi connectivity index (χ1n) is 5.97. The number of amides is 1. The van der Waals surface area contributed by atoms with E-state index in [0.29, 0.717) is 11.1 Å². The minimum Gasteiger partial charge on any atom is -0.465 e. The SMILES string of the molecule is COC(=O)c1cc([N+](=O)[O-])cc(C#CCNC(C)=O)c1C. The molecule has 0 saturated carbocycles. The smallest absolute Gasteiger partial charge is 0.338 e. The van der Waals surface area contributed by atoms with Crippen LogP contribution < -0.4 is 5.32 Å². The third-order valence-corrected chi connectivity index (χ3v) is 2.66. The number of nitro benzene ring substituents is 1. The van der Waals surface area contributed by atoms with Gasteiger partial charge in [0.1, 0.15) is 0 Å². The monoisotopic (exact) mass is 290 g/mol. The van der Waals surface area contributed by atoms with Gasteiger partial charge in [0, 0.05) is 24.6 Å². The van der Waals surface area contributed by atoms with Gasteiger partial charge in [-0.1, -0.05) is 11.8 Å². The van der Waals surface area contributed by atoms with E-state index in [0.717, 1.165) is 6.07 Å². The molecule has 1 amide bonds. The molecule has 110 valence electrons. The van der Waals surface area contributed by atoms with Crippen LogP contribution in [0.3, 0.4) is 0 Å². The first-order valence-corrected chi connectivity index (χ1v) is 5.97. The molecule has 0 aliphatic carbocycles. The Morgan fingerprint density at radius 1 is 1.43 bits per heavy atom. The van der Waals surface area contributed by atoms with E-state index in [4.69, 9.17) is 0 Å². The standard InChI is InChI=1S/C14H14N2O5/c1-9-11(5-4-6-15-10(2)17)7-12(16(19)20)8-13(9)14(18)21-3/h7-8H,6H2,1-3H3,(H,15,17). The topological polar surface area (TPSA) is 98.5 Å². The molecule has 7 heteroatoms. The summed E-state index contributed by atoms with van der Waals surface area (Å²) in [4.78, 5) is 32.6. The fourth-order valence-electron chi connectivity index (χ4n) is 1.56. The number of esters is 1. The predicted molar refractivity (Wildman–Crippen MR) is 74.7 cm³/mol. The number of hydrogen-bond donors (Lipinski definition) is 1. The zero-order valence-corrected chi connectivity index (χ0v) is 11.9. The van der Waals surface area contributed by atoms with E-state index in [9.17, 15) is 19.7 Å². The molecule has 21 heavy (non-hydrogen) atoms. The van der Waals surface area contributed by atoms with Crippen molar-refractivity contribution in [2.45, 2.75) is 13.8 Å². The second-order valence-electron chi connectivity index (χ2n) is 4.13. The van der Waals surface area contributed by atoms with Crippen LogP contribution in [0.4, 0.5) is 5.69 Å². The average Bonchev–Trinajstić information content (AvgIpc) is 2.43. The Labute approximate surface area is 121 Å². The molecular formula is C14H14N2O5. The fraction of sp³-hybridized carbons (Fsp3) is 0.286. The van der Waals surface area contributed by atoms with Crippen LogP contribution in [-0.4, -0.2) is 30.5 Å². The number of nitro groups is 1. The minimum atomic E-state index is -0.666. The van der Waals surface area contributed by atoms with Gasteiger partial charge in [0.2, 0.25) is 5.91 Å². The highest BCUT2D eigenvalue weighted by Gasteiger charge is 2.18. The zero-order valence-electron chi connectivity index (χ0n) is 11.9. The number of carbonyl (C=O) groups is 2. The number of hydrogen-bond acceptors (Lipinski definition) is 5. The molecule has 0 fully saturated rings. The number of non-ortho nitro benzene ring substituents is 1. The van der Waals surface area contributed by atoms with Crippen molar-refractivity contribution in [1.82, 2.24) is 5.32 Å². The first kappa shape index (κ1) is 16.2. The van der Waals surface area contributed by atoms with Crippen molar-refractivity contribution in [2.24, 2.45) is 0 Å². The van der Waals surface area contributed by atoms with E-state index in [1.54, 1.807) is 6.92 Å². The largest absolute Gasteiger partial charge is 0.465 e. The Morgan fingerprint density at radius 2 is 2.10 bits per heavy atom. The Morgan fingerprint density at radius 3 is 2.62 bits per heavy atom. The highest BCUT2D eigenvalue weighted by atomic mass is 16.6. The Bertz CT molecular complexity index is 655. The van der Waals surface area contributed by atoms with Crippen molar-refractivity contribution < 1.29 is 19.2 Å². The van der Waals surface area contributed by atoms with Gasteiger partial charge >= 0.3 is 5.97 Å². The summed E-state index contributed by atoms with van der Waals surface area (Å²) in [5, 5.41) is 13.4. The number of rotatable bonds is 3. The lowest BCUT2D eigenvalue weighted by atomic mass is 10.0. The van der Waals surface area contributed by atoms with Gasteiger partial charge in [-0.25, -0.2) is 4.79 Å². The van der Waals surface area contributed by atoms with Crippen LogP contribution in [0.2, 0.25) is 0 Å². The number of carbonyl (C=O) groups excluding carboxylic acids is 2. The van der Waals surface area contributed by atoms with Gasteiger partial charge in [-0.2, -0.15) is 0 Å². The number of nitrogens with one attached hydrogen (secondary N) is 1. The van der Waals surface area contributed by atoms with Gasteiger partial charge in [-0.15, -0.1) is 0 Å². The maximum atomic E-state index is 11.6. The Kier molecular flexibility index (Phi) is 5.43. The third-order valence-electron chi connectivity index (χ3n) is 2.66. The molecule has 0 heterocycles. The van der Waals surface area contributed by atoms with Gasteiger partial charge in [-0.3, -0.25) is 14.9 Å². The van der Waals surface area contributed by atoms with Crippen molar-refractivity contribution in [3.8, 4) is 11.8 Å². The molecule has 0 radical (unpaired) electrons. The highest BCUT2D eigenvalue weighted by molar-refractivity contribution is 5.92. The number of ether oxygens (including phenoxy) is 1. The highest BCUT2D eigenvalue weighted by Crippen LogP contribution is 2.22. The second-order valence-corrected chi connectivity index (χ2v) is 4.13. The summed E-state index contributed by atoms with van der Waals surface area (Å²) in [7, 11) is 1.20. The molecule has 0 atom stereocenters. The first-order chi connectivity index (χ1) is 9.86. The number of nitrogens with zero attached hydrogens (tertiary/aromatic N) is 1. The minimum absolute atomic E-state index is 0.0931.